The van der Waals surface area contributed by atoms with Gasteiger partial charge in [0.05, 0.1) is 23.7 Å². The minimum atomic E-state index is -0.337. The summed E-state index contributed by atoms with van der Waals surface area (Å²) in [5.74, 6) is 0.854. The molecule has 0 radical (unpaired) electrons. The third-order valence-corrected chi connectivity index (χ3v) is 7.54. The van der Waals surface area contributed by atoms with E-state index in [1.807, 2.05) is 35.1 Å². The van der Waals surface area contributed by atoms with Gasteiger partial charge in [0.25, 0.3) is 0 Å². The molecule has 10 heteroatoms. The largest absolute Gasteiger partial charge is 0.465 e. The first kappa shape index (κ1) is 23.2. The lowest BCUT2D eigenvalue weighted by Crippen LogP contribution is -2.21. The zero-order valence-electron chi connectivity index (χ0n) is 17.6. The Bertz CT molecular complexity index is 1160. The van der Waals surface area contributed by atoms with Gasteiger partial charge in [0.15, 0.2) is 10.9 Å². The maximum atomic E-state index is 12.5. The maximum absolute atomic E-state index is 12.5. The van der Waals surface area contributed by atoms with Crippen LogP contribution < -0.4 is 10.6 Å². The van der Waals surface area contributed by atoms with E-state index >= 15 is 0 Å². The van der Waals surface area contributed by atoms with Crippen LogP contribution in [0.25, 0.3) is 0 Å². The van der Waals surface area contributed by atoms with E-state index in [0.29, 0.717) is 39.0 Å². The molecule has 1 aliphatic carbocycles. The number of methoxy groups -OCH3 is 1. The van der Waals surface area contributed by atoms with Crippen molar-refractivity contribution in [1.82, 2.24) is 9.78 Å². The molecule has 32 heavy (non-hydrogen) atoms. The minimum Gasteiger partial charge on any atom is -0.465 e. The van der Waals surface area contributed by atoms with Crippen molar-refractivity contribution in [3.8, 4) is 0 Å². The molecule has 0 aliphatic heterocycles. The number of hydrogen-bond donors (Lipinski definition) is 2. The molecule has 0 saturated heterocycles. The number of thiophene rings is 1. The number of anilines is 2. The van der Waals surface area contributed by atoms with E-state index in [2.05, 4.69) is 38.6 Å². The van der Waals surface area contributed by atoms with Gasteiger partial charge in [0.1, 0.15) is 5.00 Å². The molecule has 4 rings (SSSR count). The van der Waals surface area contributed by atoms with Crippen LogP contribution in [-0.2, 0) is 24.1 Å². The lowest BCUT2D eigenvalue weighted by Gasteiger charge is -2.18. The second kappa shape index (κ2) is 9.91. The number of aromatic nitrogens is 2. The Labute approximate surface area is 209 Å². The van der Waals surface area contributed by atoms with E-state index < -0.39 is 0 Å². The first-order valence-corrected chi connectivity index (χ1v) is 12.5. The van der Waals surface area contributed by atoms with Crippen LogP contribution in [0.2, 0.25) is 5.02 Å². The highest BCUT2D eigenvalue weighted by atomic mass is 79.9. The number of rotatable bonds is 5. The Morgan fingerprint density at radius 3 is 2.84 bits per heavy atom. The van der Waals surface area contributed by atoms with Crippen molar-refractivity contribution in [2.75, 3.05) is 17.7 Å². The predicted octanol–water partition coefficient (Wildman–Crippen LogP) is 6.13. The second-order valence-electron chi connectivity index (χ2n) is 7.78. The van der Waals surface area contributed by atoms with Crippen LogP contribution in [-0.4, -0.2) is 28.0 Å². The summed E-state index contributed by atoms with van der Waals surface area (Å²) in [7, 11) is 1.41. The second-order valence-corrected chi connectivity index (χ2v) is 10.6. The molecule has 0 unspecified atom stereocenters. The Morgan fingerprint density at radius 2 is 2.12 bits per heavy atom. The summed E-state index contributed by atoms with van der Waals surface area (Å²) in [6, 6.07) is 7.64. The van der Waals surface area contributed by atoms with E-state index in [1.54, 1.807) is 11.3 Å². The first-order chi connectivity index (χ1) is 15.3. The number of esters is 1. The van der Waals surface area contributed by atoms with Gasteiger partial charge >= 0.3 is 5.97 Å². The van der Waals surface area contributed by atoms with Crippen LogP contribution in [0, 0.1) is 5.92 Å². The van der Waals surface area contributed by atoms with E-state index in [4.69, 9.17) is 28.6 Å². The summed E-state index contributed by atoms with van der Waals surface area (Å²) in [6.07, 6.45) is 4.78. The fourth-order valence-electron chi connectivity index (χ4n) is 3.74. The molecular formula is C22H22BrClN4O2S2. The summed E-state index contributed by atoms with van der Waals surface area (Å²) in [6.45, 7) is 2.83. The fraction of sp³-hybridized carbons (Fsp3) is 0.318. The van der Waals surface area contributed by atoms with Crippen molar-refractivity contribution in [2.45, 2.75) is 32.7 Å². The molecule has 0 spiro atoms. The number of hydrogen-bond acceptors (Lipinski definition) is 5. The van der Waals surface area contributed by atoms with Crippen molar-refractivity contribution >= 4 is 73.0 Å². The van der Waals surface area contributed by atoms with Crippen LogP contribution in [0.4, 0.5) is 10.8 Å². The van der Waals surface area contributed by atoms with Gasteiger partial charge < -0.3 is 15.4 Å². The van der Waals surface area contributed by atoms with E-state index in [-0.39, 0.29) is 5.97 Å². The molecular weight excluding hydrogens is 532 g/mol. The average molecular weight is 554 g/mol. The molecule has 0 saturated carbocycles. The van der Waals surface area contributed by atoms with E-state index in [1.165, 1.54) is 12.0 Å². The first-order valence-electron chi connectivity index (χ1n) is 10.1. The molecule has 1 atom stereocenters. The number of carbonyl (C=O) groups is 1. The minimum absolute atomic E-state index is 0.337. The summed E-state index contributed by atoms with van der Waals surface area (Å²) < 4.78 is 7.64. The van der Waals surface area contributed by atoms with Crippen molar-refractivity contribution in [3.63, 3.8) is 0 Å². The number of fused-ring (bicyclic) bond motifs is 1. The van der Waals surface area contributed by atoms with Crippen molar-refractivity contribution in [3.05, 3.63) is 61.5 Å². The monoisotopic (exact) mass is 552 g/mol. The number of ether oxygens (including phenoxy) is 1. The number of benzene rings is 1. The van der Waals surface area contributed by atoms with Gasteiger partial charge in [-0.3, -0.25) is 4.68 Å². The highest BCUT2D eigenvalue weighted by Crippen LogP contribution is 2.40. The number of nitrogens with one attached hydrogen (secondary N) is 2. The third kappa shape index (κ3) is 5.17. The van der Waals surface area contributed by atoms with Crippen LogP contribution in [0.3, 0.4) is 0 Å². The summed E-state index contributed by atoms with van der Waals surface area (Å²) in [4.78, 5) is 13.7. The van der Waals surface area contributed by atoms with Crippen molar-refractivity contribution < 1.29 is 9.53 Å². The van der Waals surface area contributed by atoms with Gasteiger partial charge in [0.2, 0.25) is 0 Å². The van der Waals surface area contributed by atoms with Gasteiger partial charge in [-0.15, -0.1) is 11.3 Å². The number of thiocarbonyl (C=S) groups is 1. The molecule has 1 aliphatic rings. The topological polar surface area (TPSA) is 68.2 Å². The average Bonchev–Trinajstić information content (AvgIpc) is 3.27. The lowest BCUT2D eigenvalue weighted by atomic mass is 9.88. The molecule has 2 heterocycles. The Hall–Kier alpha value is -1.94. The standard InChI is InChI=1S/C22H22BrClN4O2S2/c1-12-3-8-15-17(9-12)32-20(18(15)21(29)30-2)26-22(31)25-19-16(23)11-28(27-19)10-13-4-6-14(24)7-5-13/h4-7,11-12H,3,8-10H2,1-2H3,(H2,25,26,27,31)/t12-/m1/s1. The van der Waals surface area contributed by atoms with E-state index in [9.17, 15) is 4.79 Å². The summed E-state index contributed by atoms with van der Waals surface area (Å²) in [5.41, 5.74) is 2.76. The highest BCUT2D eigenvalue weighted by Gasteiger charge is 2.28. The van der Waals surface area contributed by atoms with Crippen LogP contribution >= 0.6 is 51.1 Å². The van der Waals surface area contributed by atoms with Gasteiger partial charge in [-0.25, -0.2) is 4.79 Å². The zero-order chi connectivity index (χ0) is 22.8. The summed E-state index contributed by atoms with van der Waals surface area (Å²) in [5, 5.41) is 12.7. The third-order valence-electron chi connectivity index (χ3n) is 5.34. The van der Waals surface area contributed by atoms with Gasteiger partial charge in [-0.05, 0) is 76.6 Å². The van der Waals surface area contributed by atoms with Crippen molar-refractivity contribution in [1.29, 1.82) is 0 Å². The predicted molar refractivity (Wildman–Crippen MR) is 137 cm³/mol. The Kier molecular flexibility index (Phi) is 7.19. The molecule has 0 amide bonds. The molecule has 2 N–H and O–H groups in total. The zero-order valence-corrected chi connectivity index (χ0v) is 21.6. The van der Waals surface area contributed by atoms with Gasteiger partial charge in [-0.1, -0.05) is 30.7 Å². The Balaban J connectivity index is 1.49. The molecule has 2 aromatic heterocycles. The molecule has 1 aromatic carbocycles. The molecule has 168 valence electrons. The maximum Gasteiger partial charge on any atom is 0.341 e. The van der Waals surface area contributed by atoms with Crippen LogP contribution in [0.5, 0.6) is 0 Å². The fourth-order valence-corrected chi connectivity index (χ4v) is 5.95. The highest BCUT2D eigenvalue weighted by molar-refractivity contribution is 9.10. The lowest BCUT2D eigenvalue weighted by molar-refractivity contribution is 0.0601. The number of nitrogens with zero attached hydrogens (tertiary/aromatic N) is 2. The molecule has 3 aromatic rings. The normalized spacial score (nSPS) is 15.2. The Morgan fingerprint density at radius 1 is 1.38 bits per heavy atom. The van der Waals surface area contributed by atoms with Gasteiger partial charge in [-0.2, -0.15) is 5.10 Å². The SMILES string of the molecule is COC(=O)c1c(NC(=S)Nc2nn(Cc3ccc(Cl)cc3)cc2Br)sc2c1CC[C@@H](C)C2. The molecule has 6 nitrogen and oxygen atoms in total. The summed E-state index contributed by atoms with van der Waals surface area (Å²) >= 11 is 16.6. The van der Waals surface area contributed by atoms with Crippen molar-refractivity contribution in [2.24, 2.45) is 5.92 Å². The number of carbonyl (C=O) groups excluding carboxylic acids is 1. The van der Waals surface area contributed by atoms with Gasteiger partial charge in [0, 0.05) is 16.1 Å². The molecule has 0 fully saturated rings. The van der Waals surface area contributed by atoms with E-state index in [0.717, 1.165) is 34.9 Å². The quantitative estimate of drug-likeness (QED) is 0.293. The molecule has 0 bridgehead atoms. The smallest absolute Gasteiger partial charge is 0.341 e. The van der Waals surface area contributed by atoms with Crippen LogP contribution in [0.15, 0.2) is 34.9 Å². The number of halogens is 2. The van der Waals surface area contributed by atoms with Crippen LogP contribution in [0.1, 0.15) is 39.7 Å².